The van der Waals surface area contributed by atoms with Gasteiger partial charge in [0.1, 0.15) is 5.56 Å². The lowest BCUT2D eigenvalue weighted by Gasteiger charge is -2.18. The van der Waals surface area contributed by atoms with E-state index >= 15 is 0 Å². The molecule has 0 aliphatic heterocycles. The number of hydrogen-bond donors (Lipinski definition) is 1. The zero-order valence-electron chi connectivity index (χ0n) is 8.36. The molecule has 1 aromatic rings. The Morgan fingerprint density at radius 3 is 2.17 bits per heavy atom. The van der Waals surface area contributed by atoms with Gasteiger partial charge in [-0.1, -0.05) is 0 Å². The van der Waals surface area contributed by atoms with Gasteiger partial charge in [0, 0.05) is 12.7 Å². The Morgan fingerprint density at radius 2 is 1.78 bits per heavy atom. The summed E-state index contributed by atoms with van der Waals surface area (Å²) in [5, 5.41) is 0. The van der Waals surface area contributed by atoms with E-state index in [9.17, 15) is 26.3 Å². The first kappa shape index (κ1) is 15.0. The molecule has 0 amide bonds. The van der Waals surface area contributed by atoms with Crippen molar-refractivity contribution in [2.24, 2.45) is 5.73 Å². The molecule has 0 spiro atoms. The van der Waals surface area contributed by atoms with Gasteiger partial charge in [-0.15, -0.1) is 13.2 Å². The summed E-state index contributed by atoms with van der Waals surface area (Å²) >= 11 is 2.48. The molecule has 0 saturated heterocycles. The number of pyridine rings is 1. The molecule has 10 heteroatoms. The maximum absolute atomic E-state index is 12.7. The van der Waals surface area contributed by atoms with Gasteiger partial charge in [-0.25, -0.2) is 0 Å². The Labute approximate surface area is 105 Å². The second-order valence-electron chi connectivity index (χ2n) is 3.01. The molecule has 0 fully saturated rings. The van der Waals surface area contributed by atoms with Gasteiger partial charge in [0.2, 0.25) is 0 Å². The molecule has 0 aromatic carbocycles. The van der Waals surface area contributed by atoms with Crippen LogP contribution in [0.4, 0.5) is 26.3 Å². The standard InChI is InChI=1S/C8H5BrF6N2O/c9-3-2-17-4(1-16)6(18-8(13,14)15)5(3)7(10,11)12/h2H,1,16H2. The highest BCUT2D eigenvalue weighted by atomic mass is 79.9. The van der Waals surface area contributed by atoms with E-state index in [2.05, 4.69) is 25.7 Å². The summed E-state index contributed by atoms with van der Waals surface area (Å²) in [6.45, 7) is -0.623. The molecular formula is C8H5BrF6N2O. The second-order valence-corrected chi connectivity index (χ2v) is 3.86. The summed E-state index contributed by atoms with van der Waals surface area (Å²) < 4.78 is 76.9. The molecule has 0 aliphatic carbocycles. The highest BCUT2D eigenvalue weighted by Gasteiger charge is 2.42. The fourth-order valence-electron chi connectivity index (χ4n) is 1.15. The van der Waals surface area contributed by atoms with Crippen molar-refractivity contribution in [2.45, 2.75) is 19.1 Å². The van der Waals surface area contributed by atoms with Crippen molar-refractivity contribution in [3.05, 3.63) is 21.9 Å². The number of rotatable bonds is 2. The molecule has 2 N–H and O–H groups in total. The first-order valence-electron chi connectivity index (χ1n) is 4.26. The van der Waals surface area contributed by atoms with Crippen molar-refractivity contribution in [3.8, 4) is 5.75 Å². The Bertz CT molecular complexity index is 444. The maximum atomic E-state index is 12.7. The Balaban J connectivity index is 3.47. The Hall–Kier alpha value is -1.03. The Morgan fingerprint density at radius 1 is 1.22 bits per heavy atom. The van der Waals surface area contributed by atoms with Crippen LogP contribution < -0.4 is 10.5 Å². The van der Waals surface area contributed by atoms with Gasteiger partial charge in [-0.3, -0.25) is 4.98 Å². The van der Waals surface area contributed by atoms with Crippen LogP contribution in [0.2, 0.25) is 0 Å². The normalized spacial score (nSPS) is 12.7. The van der Waals surface area contributed by atoms with E-state index in [4.69, 9.17) is 5.73 Å². The van der Waals surface area contributed by atoms with Crippen molar-refractivity contribution < 1.29 is 31.1 Å². The van der Waals surface area contributed by atoms with Crippen LogP contribution in [-0.2, 0) is 12.7 Å². The summed E-state index contributed by atoms with van der Waals surface area (Å²) in [7, 11) is 0. The van der Waals surface area contributed by atoms with Crippen LogP contribution in [0.5, 0.6) is 5.75 Å². The van der Waals surface area contributed by atoms with Crippen LogP contribution in [0.25, 0.3) is 0 Å². The number of alkyl halides is 6. The lowest BCUT2D eigenvalue weighted by Crippen LogP contribution is -2.23. The molecule has 1 aromatic heterocycles. The number of nitrogens with two attached hydrogens (primary N) is 1. The van der Waals surface area contributed by atoms with Gasteiger partial charge in [-0.05, 0) is 15.9 Å². The van der Waals surface area contributed by atoms with Gasteiger partial charge in [-0.2, -0.15) is 13.2 Å². The van der Waals surface area contributed by atoms with E-state index in [1.807, 2.05) is 0 Å². The van der Waals surface area contributed by atoms with E-state index in [1.54, 1.807) is 0 Å². The number of halogens is 7. The van der Waals surface area contributed by atoms with Gasteiger partial charge >= 0.3 is 12.5 Å². The van der Waals surface area contributed by atoms with Crippen LogP contribution in [-0.4, -0.2) is 11.3 Å². The third-order valence-corrected chi connectivity index (χ3v) is 2.36. The molecule has 0 aliphatic rings. The maximum Gasteiger partial charge on any atom is 0.573 e. The van der Waals surface area contributed by atoms with Gasteiger partial charge < -0.3 is 10.5 Å². The first-order valence-corrected chi connectivity index (χ1v) is 5.06. The van der Waals surface area contributed by atoms with Gasteiger partial charge in [0.15, 0.2) is 5.75 Å². The fourth-order valence-corrected chi connectivity index (χ4v) is 1.65. The Kier molecular flexibility index (Phi) is 4.11. The fraction of sp³-hybridized carbons (Fsp3) is 0.375. The van der Waals surface area contributed by atoms with Crippen molar-refractivity contribution in [1.29, 1.82) is 0 Å². The molecule has 0 bridgehead atoms. The molecule has 0 radical (unpaired) electrons. The predicted octanol–water partition coefficient (Wildman–Crippen LogP) is 3.22. The van der Waals surface area contributed by atoms with E-state index in [-0.39, 0.29) is 0 Å². The quantitative estimate of drug-likeness (QED) is 0.842. The van der Waals surface area contributed by atoms with Crippen LogP contribution in [0.3, 0.4) is 0 Å². The monoisotopic (exact) mass is 338 g/mol. The van der Waals surface area contributed by atoms with Crippen molar-refractivity contribution in [2.75, 3.05) is 0 Å². The highest BCUT2D eigenvalue weighted by molar-refractivity contribution is 9.10. The van der Waals surface area contributed by atoms with Crippen LogP contribution >= 0.6 is 15.9 Å². The van der Waals surface area contributed by atoms with Crippen molar-refractivity contribution >= 4 is 15.9 Å². The lowest BCUT2D eigenvalue weighted by molar-refractivity contribution is -0.276. The first-order chi connectivity index (χ1) is 8.06. The average molecular weight is 339 g/mol. The third-order valence-electron chi connectivity index (χ3n) is 1.76. The highest BCUT2D eigenvalue weighted by Crippen LogP contribution is 2.43. The second kappa shape index (κ2) is 4.92. The average Bonchev–Trinajstić information content (AvgIpc) is 2.13. The van der Waals surface area contributed by atoms with E-state index in [0.29, 0.717) is 6.20 Å². The molecule has 1 rings (SSSR count). The van der Waals surface area contributed by atoms with Gasteiger partial charge in [0.05, 0.1) is 10.2 Å². The summed E-state index contributed by atoms with van der Waals surface area (Å²) in [6.07, 6.45) is -9.59. The van der Waals surface area contributed by atoms with Crippen molar-refractivity contribution in [1.82, 2.24) is 4.98 Å². The SMILES string of the molecule is NCc1ncc(Br)c(C(F)(F)F)c1OC(F)(F)F. The van der Waals surface area contributed by atoms with Crippen LogP contribution in [0.15, 0.2) is 10.7 Å². The minimum absolute atomic E-state index is 0.623. The van der Waals surface area contributed by atoms with Crippen LogP contribution in [0, 0.1) is 0 Å². The van der Waals surface area contributed by atoms with E-state index in [0.717, 1.165) is 0 Å². The topological polar surface area (TPSA) is 48.1 Å². The van der Waals surface area contributed by atoms with E-state index < -0.39 is 40.6 Å². The van der Waals surface area contributed by atoms with Gasteiger partial charge in [0.25, 0.3) is 0 Å². The number of aromatic nitrogens is 1. The minimum Gasteiger partial charge on any atom is -0.403 e. The molecule has 18 heavy (non-hydrogen) atoms. The largest absolute Gasteiger partial charge is 0.573 e. The van der Waals surface area contributed by atoms with Crippen LogP contribution in [0.1, 0.15) is 11.3 Å². The molecule has 1 heterocycles. The summed E-state index contributed by atoms with van der Waals surface area (Å²) in [5.41, 5.74) is 2.80. The lowest BCUT2D eigenvalue weighted by atomic mass is 10.2. The number of hydrogen-bond acceptors (Lipinski definition) is 3. The molecule has 3 nitrogen and oxygen atoms in total. The molecule has 0 saturated carbocycles. The smallest absolute Gasteiger partial charge is 0.403 e. The number of ether oxygens (including phenoxy) is 1. The zero-order valence-corrected chi connectivity index (χ0v) is 9.95. The summed E-state index contributed by atoms with van der Waals surface area (Å²) in [5.74, 6) is -1.44. The van der Waals surface area contributed by atoms with Crippen molar-refractivity contribution in [3.63, 3.8) is 0 Å². The van der Waals surface area contributed by atoms with E-state index in [1.165, 1.54) is 0 Å². The molecule has 0 unspecified atom stereocenters. The molecule has 102 valence electrons. The minimum atomic E-state index is -5.27. The zero-order chi connectivity index (χ0) is 14.1. The number of nitrogens with zero attached hydrogens (tertiary/aromatic N) is 1. The molecule has 0 atom stereocenters. The summed E-state index contributed by atoms with van der Waals surface area (Å²) in [6, 6.07) is 0. The predicted molar refractivity (Wildman–Crippen MR) is 51.5 cm³/mol. The summed E-state index contributed by atoms with van der Waals surface area (Å²) in [4.78, 5) is 3.36. The third kappa shape index (κ3) is 3.48. The molecular weight excluding hydrogens is 334 g/mol.